The van der Waals surface area contributed by atoms with E-state index in [0.717, 1.165) is 17.7 Å². The second kappa shape index (κ2) is 9.65. The van der Waals surface area contributed by atoms with Crippen LogP contribution in [0, 0.1) is 11.8 Å². The van der Waals surface area contributed by atoms with Crippen LogP contribution in [-0.4, -0.2) is 64.9 Å². The lowest BCUT2D eigenvalue weighted by Crippen LogP contribution is -2.53. The number of halogens is 2. The van der Waals surface area contributed by atoms with Crippen LogP contribution in [0.1, 0.15) is 47.9 Å². The number of benzene rings is 2. The Morgan fingerprint density at radius 3 is 2.76 bits per heavy atom. The molecule has 1 aliphatic carbocycles. The minimum Gasteiger partial charge on any atom is -0.383 e. The van der Waals surface area contributed by atoms with Gasteiger partial charge in [0.2, 0.25) is 11.8 Å². The molecule has 3 N–H and O–H groups in total. The van der Waals surface area contributed by atoms with Crippen molar-refractivity contribution in [1.82, 2.24) is 20.2 Å². The van der Waals surface area contributed by atoms with Gasteiger partial charge in [0.25, 0.3) is 5.91 Å². The van der Waals surface area contributed by atoms with E-state index in [1.807, 2.05) is 42.5 Å². The molecule has 2 aliphatic heterocycles. The molecule has 200 valence electrons. The molecule has 10 heteroatoms. The van der Waals surface area contributed by atoms with Gasteiger partial charge in [-0.1, -0.05) is 30.3 Å². The van der Waals surface area contributed by atoms with Crippen LogP contribution >= 0.6 is 0 Å². The maximum atomic E-state index is 14.7. The first-order valence-electron chi connectivity index (χ1n) is 13.1. The number of carbonyl (C=O) groups is 2. The number of H-pyrrole nitrogens is 1. The van der Waals surface area contributed by atoms with E-state index in [1.165, 1.54) is 0 Å². The summed E-state index contributed by atoms with van der Waals surface area (Å²) < 4.78 is 34.8. The van der Waals surface area contributed by atoms with Crippen molar-refractivity contribution in [3.8, 4) is 0 Å². The van der Waals surface area contributed by atoms with Gasteiger partial charge >= 0.3 is 0 Å². The zero-order valence-corrected chi connectivity index (χ0v) is 21.1. The Labute approximate surface area is 219 Å². The van der Waals surface area contributed by atoms with E-state index >= 15 is 0 Å². The molecule has 1 saturated carbocycles. The molecular weight excluding hydrogens is 492 g/mol. The second-order valence-corrected chi connectivity index (χ2v) is 10.6. The van der Waals surface area contributed by atoms with Gasteiger partial charge in [-0.2, -0.15) is 0 Å². The van der Waals surface area contributed by atoms with Crippen LogP contribution < -0.4 is 10.6 Å². The molecular formula is C28H31F2N5O3. The second-order valence-electron chi connectivity index (χ2n) is 10.6. The molecule has 5 atom stereocenters. The first-order valence-corrected chi connectivity index (χ1v) is 13.1. The molecule has 38 heavy (non-hydrogen) atoms. The van der Waals surface area contributed by atoms with Crippen molar-refractivity contribution in [3.05, 3.63) is 59.9 Å². The van der Waals surface area contributed by atoms with Gasteiger partial charge in [0.15, 0.2) is 5.82 Å². The lowest BCUT2D eigenvalue weighted by molar-refractivity contribution is -0.146. The van der Waals surface area contributed by atoms with E-state index < -0.39 is 30.2 Å². The number of anilines is 1. The van der Waals surface area contributed by atoms with Gasteiger partial charge in [0.1, 0.15) is 0 Å². The number of hydrogen-bond acceptors (Lipinski definition) is 5. The number of methoxy groups -OCH3 is 1. The fourth-order valence-corrected chi connectivity index (χ4v) is 6.50. The van der Waals surface area contributed by atoms with E-state index in [1.54, 1.807) is 18.1 Å². The molecule has 0 unspecified atom stereocenters. The minimum absolute atomic E-state index is 0.00841. The molecule has 1 aromatic heterocycles. The number of nitrogens with one attached hydrogen (secondary N) is 3. The van der Waals surface area contributed by atoms with Crippen molar-refractivity contribution >= 4 is 28.5 Å². The summed E-state index contributed by atoms with van der Waals surface area (Å²) >= 11 is 0. The molecule has 0 radical (unpaired) electrons. The molecule has 0 bridgehead atoms. The fourth-order valence-electron chi connectivity index (χ4n) is 6.50. The van der Waals surface area contributed by atoms with Crippen LogP contribution in [0.15, 0.2) is 48.5 Å². The number of hydrogen-bond donors (Lipinski definition) is 3. The highest BCUT2D eigenvalue weighted by Crippen LogP contribution is 2.48. The summed E-state index contributed by atoms with van der Waals surface area (Å²) in [7, 11) is 1.65. The van der Waals surface area contributed by atoms with Gasteiger partial charge in [-0.25, -0.2) is 13.8 Å². The summed E-state index contributed by atoms with van der Waals surface area (Å²) in [6.07, 6.45) is -0.213. The van der Waals surface area contributed by atoms with Gasteiger partial charge in [-0.3, -0.25) is 9.59 Å². The van der Waals surface area contributed by atoms with Crippen LogP contribution in [0.5, 0.6) is 0 Å². The average molecular weight is 524 g/mol. The maximum Gasteiger partial charge on any atom is 0.287 e. The molecule has 3 aliphatic rings. The smallest absolute Gasteiger partial charge is 0.287 e. The number of fused-ring (bicyclic) bond motifs is 4. The van der Waals surface area contributed by atoms with Gasteiger partial charge in [0.05, 0.1) is 35.6 Å². The number of nitrogens with zero attached hydrogens (tertiary/aromatic N) is 2. The SMILES string of the molecule is COC[C@@H]1Nc2ccccc2[C@H]2[C@@H]1CCN2C(=O)[C@H]1CC(F)(F)CC[C@H]1NC(=O)c1nc2ccccc2[nH]1. The van der Waals surface area contributed by atoms with Gasteiger partial charge in [-0.15, -0.1) is 0 Å². The van der Waals surface area contributed by atoms with E-state index in [-0.39, 0.29) is 42.6 Å². The molecule has 2 amide bonds. The molecule has 1 saturated heterocycles. The highest BCUT2D eigenvalue weighted by Gasteiger charge is 2.51. The molecule has 2 fully saturated rings. The van der Waals surface area contributed by atoms with E-state index in [2.05, 4.69) is 20.6 Å². The Bertz CT molecular complexity index is 1330. The third-order valence-electron chi connectivity index (χ3n) is 8.27. The predicted octanol–water partition coefficient (Wildman–Crippen LogP) is 4.13. The highest BCUT2D eigenvalue weighted by molar-refractivity contribution is 5.94. The van der Waals surface area contributed by atoms with Gasteiger partial charge in [0, 0.05) is 44.1 Å². The lowest BCUT2D eigenvalue weighted by atomic mass is 9.79. The van der Waals surface area contributed by atoms with Crippen molar-refractivity contribution in [2.24, 2.45) is 11.8 Å². The Hall–Kier alpha value is -3.53. The van der Waals surface area contributed by atoms with E-state index in [9.17, 15) is 18.4 Å². The van der Waals surface area contributed by atoms with Crippen molar-refractivity contribution in [1.29, 1.82) is 0 Å². The number of amides is 2. The number of alkyl halides is 2. The predicted molar refractivity (Wildman–Crippen MR) is 138 cm³/mol. The number of para-hydroxylation sites is 3. The summed E-state index contributed by atoms with van der Waals surface area (Å²) in [6, 6.07) is 14.1. The zero-order valence-electron chi connectivity index (χ0n) is 21.1. The van der Waals surface area contributed by atoms with Crippen molar-refractivity contribution in [2.45, 2.75) is 49.7 Å². The molecule has 6 rings (SSSR count). The third kappa shape index (κ3) is 4.40. The first-order chi connectivity index (χ1) is 18.3. The molecule has 3 heterocycles. The fraction of sp³-hybridized carbons (Fsp3) is 0.464. The van der Waals surface area contributed by atoms with Crippen molar-refractivity contribution < 1.29 is 23.1 Å². The summed E-state index contributed by atoms with van der Waals surface area (Å²) in [4.78, 5) is 36.2. The summed E-state index contributed by atoms with van der Waals surface area (Å²) in [5.74, 6) is -4.63. The number of carbonyl (C=O) groups excluding carboxylic acids is 2. The van der Waals surface area contributed by atoms with Crippen LogP contribution in [0.4, 0.5) is 14.5 Å². The number of imidazole rings is 1. The average Bonchev–Trinajstić information content (AvgIpc) is 3.55. The first kappa shape index (κ1) is 24.8. The number of aromatic nitrogens is 2. The summed E-state index contributed by atoms with van der Waals surface area (Å²) in [5, 5.41) is 6.40. The van der Waals surface area contributed by atoms with E-state index in [4.69, 9.17) is 4.74 Å². The normalized spacial score (nSPS) is 27.9. The third-order valence-corrected chi connectivity index (χ3v) is 8.27. The van der Waals surface area contributed by atoms with Crippen LogP contribution in [0.25, 0.3) is 11.0 Å². The van der Waals surface area contributed by atoms with Crippen molar-refractivity contribution in [3.63, 3.8) is 0 Å². The Kier molecular flexibility index (Phi) is 6.29. The maximum absolute atomic E-state index is 14.7. The summed E-state index contributed by atoms with van der Waals surface area (Å²) in [6.45, 7) is 0.950. The van der Waals surface area contributed by atoms with Crippen LogP contribution in [0.3, 0.4) is 0 Å². The van der Waals surface area contributed by atoms with E-state index in [0.29, 0.717) is 24.2 Å². The number of rotatable bonds is 5. The van der Waals surface area contributed by atoms with Gasteiger partial charge < -0.3 is 25.3 Å². The molecule has 3 aromatic rings. The Morgan fingerprint density at radius 2 is 1.95 bits per heavy atom. The Morgan fingerprint density at radius 1 is 1.16 bits per heavy atom. The molecule has 2 aromatic carbocycles. The number of ether oxygens (including phenoxy) is 1. The number of aromatic amines is 1. The molecule has 8 nitrogen and oxygen atoms in total. The summed E-state index contributed by atoms with van der Waals surface area (Å²) in [5.41, 5.74) is 3.26. The van der Waals surface area contributed by atoms with Crippen LogP contribution in [-0.2, 0) is 9.53 Å². The zero-order chi connectivity index (χ0) is 26.4. The quantitative estimate of drug-likeness (QED) is 0.467. The Balaban J connectivity index is 1.27. The van der Waals surface area contributed by atoms with Crippen LogP contribution in [0.2, 0.25) is 0 Å². The number of likely N-dealkylation sites (tertiary alicyclic amines) is 1. The standard InChI is InChI=1S/C28H31F2N5O3/c1-38-15-23-17-11-13-35(24(17)16-6-2-3-7-19(16)31-23)27(37)18-14-28(29,30)12-10-20(18)34-26(36)25-32-21-8-4-5-9-22(21)33-25/h2-9,17-18,20,23-24,31H,10-15H2,1H3,(H,32,33)(H,34,36)/t17-,18+,20-,23+,24+/m1/s1. The highest BCUT2D eigenvalue weighted by atomic mass is 19.3. The lowest BCUT2D eigenvalue weighted by Gasteiger charge is -2.42. The largest absolute Gasteiger partial charge is 0.383 e. The van der Waals surface area contributed by atoms with Crippen molar-refractivity contribution in [2.75, 3.05) is 25.6 Å². The van der Waals surface area contributed by atoms with Gasteiger partial charge in [-0.05, 0) is 36.6 Å². The monoisotopic (exact) mass is 523 g/mol. The molecule has 0 spiro atoms. The minimum atomic E-state index is -2.97. The topological polar surface area (TPSA) is 99.3 Å².